The first-order valence-corrected chi connectivity index (χ1v) is 7.13. The van der Waals surface area contributed by atoms with E-state index >= 15 is 0 Å². The lowest BCUT2D eigenvalue weighted by molar-refractivity contribution is 0.0268. The highest BCUT2D eigenvalue weighted by Gasteiger charge is 2.38. The van der Waals surface area contributed by atoms with Crippen LogP contribution in [0, 0.1) is 0 Å². The molecule has 4 nitrogen and oxygen atoms in total. The smallest absolute Gasteiger partial charge is 0.191 e. The molecule has 0 aromatic heterocycles. The van der Waals surface area contributed by atoms with Crippen LogP contribution >= 0.6 is 24.0 Å². The topological polar surface area (TPSA) is 45.7 Å². The Morgan fingerprint density at radius 3 is 2.57 bits per heavy atom. The minimum atomic E-state index is -0.194. The van der Waals surface area contributed by atoms with Gasteiger partial charge in [-0.3, -0.25) is 4.99 Å². The number of guanidine groups is 1. The van der Waals surface area contributed by atoms with Crippen molar-refractivity contribution in [2.45, 2.75) is 37.8 Å². The number of methoxy groups -OCH3 is 1. The van der Waals surface area contributed by atoms with Crippen LogP contribution in [0.3, 0.4) is 0 Å². The number of ether oxygens (including phenoxy) is 1. The summed E-state index contributed by atoms with van der Waals surface area (Å²) in [6.07, 6.45) is 1.17. The lowest BCUT2D eigenvalue weighted by Crippen LogP contribution is -2.46. The van der Waals surface area contributed by atoms with E-state index in [1.807, 2.05) is 0 Å². The summed E-state index contributed by atoms with van der Waals surface area (Å²) in [6.45, 7) is 4.83. The van der Waals surface area contributed by atoms with Crippen molar-refractivity contribution >= 4 is 29.9 Å². The summed E-state index contributed by atoms with van der Waals surface area (Å²) >= 11 is 0. The first kappa shape index (κ1) is 18.2. The van der Waals surface area contributed by atoms with Gasteiger partial charge < -0.3 is 15.4 Å². The van der Waals surface area contributed by atoms with E-state index in [0.29, 0.717) is 12.0 Å². The van der Waals surface area contributed by atoms with Gasteiger partial charge in [-0.05, 0) is 25.8 Å². The molecule has 0 heterocycles. The van der Waals surface area contributed by atoms with E-state index in [-0.39, 0.29) is 29.6 Å². The predicted molar refractivity (Wildman–Crippen MR) is 98.6 cm³/mol. The Morgan fingerprint density at radius 2 is 2.00 bits per heavy atom. The van der Waals surface area contributed by atoms with Crippen molar-refractivity contribution in [3.05, 3.63) is 35.9 Å². The molecule has 2 rings (SSSR count). The molecule has 21 heavy (non-hydrogen) atoms. The Hall–Kier alpha value is -0.820. The zero-order chi connectivity index (χ0) is 14.6. The standard InChI is InChI=1S/C16H25N3O.HI/c1-16(2,20-4)11-18-15(17-3)19-14-10-13(14)12-8-6-5-7-9-12;/h5-9,13-14H,10-11H2,1-4H3,(H2,17,18,19);1H. The van der Waals surface area contributed by atoms with Gasteiger partial charge in [0.25, 0.3) is 0 Å². The summed E-state index contributed by atoms with van der Waals surface area (Å²) in [5.74, 6) is 1.45. The van der Waals surface area contributed by atoms with E-state index < -0.39 is 0 Å². The van der Waals surface area contributed by atoms with Gasteiger partial charge in [-0.25, -0.2) is 0 Å². The van der Waals surface area contributed by atoms with Crippen LogP contribution in [0.5, 0.6) is 0 Å². The first-order valence-electron chi connectivity index (χ1n) is 7.13. The van der Waals surface area contributed by atoms with Crippen molar-refractivity contribution in [2.24, 2.45) is 4.99 Å². The second kappa shape index (κ2) is 7.98. The summed E-state index contributed by atoms with van der Waals surface area (Å²) in [7, 11) is 3.53. The molecule has 2 N–H and O–H groups in total. The van der Waals surface area contributed by atoms with E-state index in [9.17, 15) is 0 Å². The van der Waals surface area contributed by atoms with Gasteiger partial charge in [-0.2, -0.15) is 0 Å². The molecule has 0 saturated heterocycles. The maximum Gasteiger partial charge on any atom is 0.191 e. The Kier molecular flexibility index (Phi) is 6.93. The van der Waals surface area contributed by atoms with Gasteiger partial charge in [0.2, 0.25) is 0 Å². The fourth-order valence-corrected chi connectivity index (χ4v) is 2.16. The second-order valence-electron chi connectivity index (χ2n) is 5.89. The minimum Gasteiger partial charge on any atom is -0.377 e. The van der Waals surface area contributed by atoms with E-state index in [2.05, 4.69) is 59.8 Å². The summed E-state index contributed by atoms with van der Waals surface area (Å²) in [6, 6.07) is 11.1. The number of nitrogens with zero attached hydrogens (tertiary/aromatic N) is 1. The average Bonchev–Trinajstić information content (AvgIpc) is 3.23. The average molecular weight is 403 g/mol. The fraction of sp³-hybridized carbons (Fsp3) is 0.562. The van der Waals surface area contributed by atoms with E-state index in [1.54, 1.807) is 14.2 Å². The number of aliphatic imine (C=N–C) groups is 1. The van der Waals surface area contributed by atoms with Crippen LogP contribution in [0.15, 0.2) is 35.3 Å². The molecule has 1 aliphatic rings. The molecule has 1 fully saturated rings. The molecule has 0 radical (unpaired) electrons. The molecule has 0 spiro atoms. The van der Waals surface area contributed by atoms with Crippen LogP contribution in [0.2, 0.25) is 0 Å². The summed E-state index contributed by atoms with van der Waals surface area (Å²) < 4.78 is 5.40. The number of benzene rings is 1. The summed E-state index contributed by atoms with van der Waals surface area (Å²) in [4.78, 5) is 4.27. The Labute approximate surface area is 144 Å². The molecule has 1 aromatic carbocycles. The number of hydrogen-bond donors (Lipinski definition) is 2. The lowest BCUT2D eigenvalue weighted by atomic mass is 10.1. The molecule has 1 saturated carbocycles. The minimum absolute atomic E-state index is 0. The number of nitrogens with one attached hydrogen (secondary N) is 2. The third kappa shape index (κ3) is 5.47. The zero-order valence-electron chi connectivity index (χ0n) is 13.2. The monoisotopic (exact) mass is 403 g/mol. The largest absolute Gasteiger partial charge is 0.377 e. The fourth-order valence-electron chi connectivity index (χ4n) is 2.16. The SMILES string of the molecule is CN=C(NCC(C)(C)OC)NC1CC1c1ccccc1.I. The van der Waals surface area contributed by atoms with E-state index in [4.69, 9.17) is 4.74 Å². The molecule has 0 aliphatic heterocycles. The molecule has 2 atom stereocenters. The second-order valence-corrected chi connectivity index (χ2v) is 5.89. The third-order valence-electron chi connectivity index (χ3n) is 3.80. The normalized spacial score (nSPS) is 21.4. The van der Waals surface area contributed by atoms with Crippen molar-refractivity contribution in [1.82, 2.24) is 10.6 Å². The predicted octanol–water partition coefficient (Wildman–Crippen LogP) is 2.75. The van der Waals surface area contributed by atoms with E-state index in [1.165, 1.54) is 12.0 Å². The molecule has 118 valence electrons. The number of hydrogen-bond acceptors (Lipinski definition) is 2. The van der Waals surface area contributed by atoms with Gasteiger partial charge in [0.1, 0.15) is 0 Å². The Morgan fingerprint density at radius 1 is 1.33 bits per heavy atom. The highest BCUT2D eigenvalue weighted by atomic mass is 127. The van der Waals surface area contributed by atoms with Crippen molar-refractivity contribution in [3.8, 4) is 0 Å². The molecule has 2 unspecified atom stereocenters. The van der Waals surface area contributed by atoms with Gasteiger partial charge in [-0.15, -0.1) is 24.0 Å². The molecule has 0 bridgehead atoms. The van der Waals surface area contributed by atoms with E-state index in [0.717, 1.165) is 12.5 Å². The van der Waals surface area contributed by atoms with Gasteiger partial charge in [-0.1, -0.05) is 30.3 Å². The molecule has 0 amide bonds. The molecule has 1 aliphatic carbocycles. The Balaban J connectivity index is 0.00000220. The summed E-state index contributed by atoms with van der Waals surface area (Å²) in [5.41, 5.74) is 1.21. The quantitative estimate of drug-likeness (QED) is 0.452. The molecule has 5 heteroatoms. The zero-order valence-corrected chi connectivity index (χ0v) is 15.5. The molecular formula is C16H26IN3O. The number of halogens is 1. The molecule has 1 aromatic rings. The van der Waals surface area contributed by atoms with Crippen molar-refractivity contribution in [2.75, 3.05) is 20.7 Å². The van der Waals surface area contributed by atoms with Gasteiger partial charge >= 0.3 is 0 Å². The summed E-state index contributed by atoms with van der Waals surface area (Å²) in [5, 5.41) is 6.79. The van der Waals surface area contributed by atoms with Crippen LogP contribution in [0.25, 0.3) is 0 Å². The van der Waals surface area contributed by atoms with Crippen LogP contribution < -0.4 is 10.6 Å². The first-order chi connectivity index (χ1) is 9.55. The maximum absolute atomic E-state index is 5.40. The van der Waals surface area contributed by atoms with Crippen molar-refractivity contribution < 1.29 is 4.74 Å². The van der Waals surface area contributed by atoms with Gasteiger partial charge in [0, 0.05) is 32.7 Å². The van der Waals surface area contributed by atoms with Crippen LogP contribution in [0.4, 0.5) is 0 Å². The molecular weight excluding hydrogens is 377 g/mol. The maximum atomic E-state index is 5.40. The van der Waals surface area contributed by atoms with Gasteiger partial charge in [0.15, 0.2) is 5.96 Å². The third-order valence-corrected chi connectivity index (χ3v) is 3.80. The highest BCUT2D eigenvalue weighted by Crippen LogP contribution is 2.40. The van der Waals surface area contributed by atoms with Gasteiger partial charge in [0.05, 0.1) is 5.60 Å². The van der Waals surface area contributed by atoms with Crippen LogP contribution in [0.1, 0.15) is 31.7 Å². The number of rotatable bonds is 5. The highest BCUT2D eigenvalue weighted by molar-refractivity contribution is 14.0. The van der Waals surface area contributed by atoms with Crippen LogP contribution in [-0.2, 0) is 4.74 Å². The van der Waals surface area contributed by atoms with Crippen molar-refractivity contribution in [3.63, 3.8) is 0 Å². The Bertz CT molecular complexity index is 462. The van der Waals surface area contributed by atoms with Crippen molar-refractivity contribution in [1.29, 1.82) is 0 Å². The lowest BCUT2D eigenvalue weighted by Gasteiger charge is -2.24. The van der Waals surface area contributed by atoms with Crippen LogP contribution in [-0.4, -0.2) is 38.3 Å².